The minimum absolute atomic E-state index is 0.0236. The van der Waals surface area contributed by atoms with Gasteiger partial charge in [0.1, 0.15) is 5.75 Å². The Labute approximate surface area is 126 Å². The van der Waals surface area contributed by atoms with E-state index >= 15 is 0 Å². The Balaban J connectivity index is 2.08. The number of carboxylic acids is 1. The number of fused-ring (bicyclic) bond motifs is 1. The first-order valence-corrected chi connectivity index (χ1v) is 6.74. The zero-order chi connectivity index (χ0) is 16.0. The van der Waals surface area contributed by atoms with Crippen LogP contribution in [0.4, 0.5) is 5.69 Å². The second kappa shape index (κ2) is 4.87. The maximum absolute atomic E-state index is 12.0. The number of benzene rings is 1. The summed E-state index contributed by atoms with van der Waals surface area (Å²) < 4.78 is 7.07. The fourth-order valence-electron chi connectivity index (χ4n) is 2.51. The van der Waals surface area contributed by atoms with E-state index in [-0.39, 0.29) is 11.6 Å². The molecule has 0 radical (unpaired) electrons. The third kappa shape index (κ3) is 2.11. The quantitative estimate of drug-likeness (QED) is 0.909. The molecule has 1 aromatic carbocycles. The summed E-state index contributed by atoms with van der Waals surface area (Å²) >= 11 is 0. The molecule has 0 spiro atoms. The molecule has 7 nitrogen and oxygen atoms in total. The molecule has 2 aromatic rings. The van der Waals surface area contributed by atoms with E-state index in [9.17, 15) is 9.59 Å². The lowest BCUT2D eigenvalue weighted by Gasteiger charge is -2.30. The lowest BCUT2D eigenvalue weighted by molar-refractivity contribution is -0.125. The largest absolute Gasteiger partial charge is 0.479 e. The number of ether oxygens (including phenoxy) is 1. The summed E-state index contributed by atoms with van der Waals surface area (Å²) in [6.45, 7) is 1.70. The molecule has 1 aliphatic heterocycles. The van der Waals surface area contributed by atoms with Gasteiger partial charge in [-0.25, -0.2) is 4.79 Å². The maximum Gasteiger partial charge on any atom is 0.356 e. The molecule has 0 fully saturated rings. The molecule has 3 rings (SSSR count). The number of amides is 1. The Bertz CT molecular complexity index is 781. The zero-order valence-corrected chi connectivity index (χ0v) is 12.4. The van der Waals surface area contributed by atoms with Crippen LogP contribution < -0.4 is 9.64 Å². The number of aryl methyl sites for hydroxylation is 1. The molecule has 0 saturated carbocycles. The predicted octanol–water partition coefficient (Wildman–Crippen LogP) is 1.53. The average molecular weight is 301 g/mol. The molecule has 1 N–H and O–H groups in total. The summed E-state index contributed by atoms with van der Waals surface area (Å²) in [6.07, 6.45) is -0.515. The SMILES string of the molecule is CC1Oc2ccc(-c3cc(C(=O)O)nn3C)cc2N(C)C1=O. The fourth-order valence-corrected chi connectivity index (χ4v) is 2.51. The van der Waals surface area contributed by atoms with Gasteiger partial charge in [0.2, 0.25) is 0 Å². The molecule has 7 heteroatoms. The standard InChI is InChI=1S/C15H15N3O4/c1-8-14(19)17(2)12-6-9(4-5-13(12)22-8)11-7-10(15(20)21)16-18(11)3/h4-8H,1-3H3,(H,20,21). The van der Waals surface area contributed by atoms with Crippen molar-refractivity contribution in [2.45, 2.75) is 13.0 Å². The fraction of sp³-hybridized carbons (Fsp3) is 0.267. The Kier molecular flexibility index (Phi) is 3.13. The van der Waals surface area contributed by atoms with Crippen molar-refractivity contribution < 1.29 is 19.4 Å². The second-order valence-electron chi connectivity index (χ2n) is 5.18. The molecule has 1 unspecified atom stereocenters. The van der Waals surface area contributed by atoms with Crippen LogP contribution in [-0.4, -0.2) is 39.9 Å². The van der Waals surface area contributed by atoms with Crippen molar-refractivity contribution in [1.82, 2.24) is 9.78 Å². The second-order valence-corrected chi connectivity index (χ2v) is 5.18. The van der Waals surface area contributed by atoms with Gasteiger partial charge in [-0.1, -0.05) is 0 Å². The summed E-state index contributed by atoms with van der Waals surface area (Å²) in [5.41, 5.74) is 2.04. The molecule has 1 aliphatic rings. The number of carbonyl (C=O) groups excluding carboxylic acids is 1. The third-order valence-electron chi connectivity index (χ3n) is 3.70. The minimum Gasteiger partial charge on any atom is -0.479 e. The van der Waals surface area contributed by atoms with Crippen LogP contribution in [0.2, 0.25) is 0 Å². The van der Waals surface area contributed by atoms with E-state index in [4.69, 9.17) is 9.84 Å². The van der Waals surface area contributed by atoms with Crippen LogP contribution in [0, 0.1) is 0 Å². The number of aromatic nitrogens is 2. The van der Waals surface area contributed by atoms with Crippen molar-refractivity contribution in [3.8, 4) is 17.0 Å². The number of anilines is 1. The van der Waals surface area contributed by atoms with Crippen molar-refractivity contribution in [1.29, 1.82) is 0 Å². The van der Waals surface area contributed by atoms with Crippen LogP contribution in [0.3, 0.4) is 0 Å². The van der Waals surface area contributed by atoms with E-state index in [1.165, 1.54) is 10.7 Å². The maximum atomic E-state index is 12.0. The van der Waals surface area contributed by atoms with Gasteiger partial charge in [0, 0.05) is 19.7 Å². The summed E-state index contributed by atoms with van der Waals surface area (Å²) in [5.74, 6) is -0.580. The smallest absolute Gasteiger partial charge is 0.356 e. The lowest BCUT2D eigenvalue weighted by atomic mass is 10.1. The van der Waals surface area contributed by atoms with E-state index in [2.05, 4.69) is 5.10 Å². The normalized spacial score (nSPS) is 17.1. The van der Waals surface area contributed by atoms with Gasteiger partial charge >= 0.3 is 5.97 Å². The summed E-state index contributed by atoms with van der Waals surface area (Å²) in [5, 5.41) is 13.0. The van der Waals surface area contributed by atoms with E-state index in [0.29, 0.717) is 17.1 Å². The van der Waals surface area contributed by atoms with Crippen molar-refractivity contribution in [2.24, 2.45) is 7.05 Å². The van der Waals surface area contributed by atoms with E-state index in [0.717, 1.165) is 5.56 Å². The Hall–Kier alpha value is -2.83. The number of carboxylic acid groups (broad SMARTS) is 1. The molecule has 1 amide bonds. The van der Waals surface area contributed by atoms with Crippen molar-refractivity contribution in [3.05, 3.63) is 30.0 Å². The molecule has 0 aliphatic carbocycles. The van der Waals surface area contributed by atoms with Crippen LogP contribution >= 0.6 is 0 Å². The first kappa shape index (κ1) is 14.1. The highest BCUT2D eigenvalue weighted by Gasteiger charge is 2.29. The summed E-state index contributed by atoms with van der Waals surface area (Å²) in [4.78, 5) is 24.6. The predicted molar refractivity (Wildman–Crippen MR) is 79.1 cm³/mol. The number of rotatable bonds is 2. The zero-order valence-electron chi connectivity index (χ0n) is 12.4. The van der Waals surface area contributed by atoms with Crippen LogP contribution in [0.1, 0.15) is 17.4 Å². The monoisotopic (exact) mass is 301 g/mol. The highest BCUT2D eigenvalue weighted by Crippen LogP contribution is 2.36. The average Bonchev–Trinajstić information content (AvgIpc) is 2.87. The van der Waals surface area contributed by atoms with Crippen LogP contribution in [0.15, 0.2) is 24.3 Å². The molecule has 22 heavy (non-hydrogen) atoms. The first-order valence-electron chi connectivity index (χ1n) is 6.74. The number of hydrogen-bond acceptors (Lipinski definition) is 4. The van der Waals surface area contributed by atoms with Gasteiger partial charge in [-0.05, 0) is 31.2 Å². The molecule has 1 aromatic heterocycles. The highest BCUT2D eigenvalue weighted by molar-refractivity contribution is 6.00. The van der Waals surface area contributed by atoms with Crippen molar-refractivity contribution in [2.75, 3.05) is 11.9 Å². The number of nitrogens with zero attached hydrogens (tertiary/aromatic N) is 3. The van der Waals surface area contributed by atoms with E-state index in [1.54, 1.807) is 38.1 Å². The van der Waals surface area contributed by atoms with Gasteiger partial charge < -0.3 is 14.7 Å². The van der Waals surface area contributed by atoms with Crippen LogP contribution in [-0.2, 0) is 11.8 Å². The molecular formula is C15H15N3O4. The summed E-state index contributed by atoms with van der Waals surface area (Å²) in [7, 11) is 3.37. The third-order valence-corrected chi connectivity index (χ3v) is 3.70. The molecule has 0 bridgehead atoms. The van der Waals surface area contributed by atoms with Crippen molar-refractivity contribution in [3.63, 3.8) is 0 Å². The van der Waals surface area contributed by atoms with Gasteiger partial charge in [0.15, 0.2) is 11.8 Å². The van der Waals surface area contributed by atoms with E-state index in [1.807, 2.05) is 6.07 Å². The Morgan fingerprint density at radius 2 is 2.05 bits per heavy atom. The lowest BCUT2D eigenvalue weighted by Crippen LogP contribution is -2.41. The van der Waals surface area contributed by atoms with E-state index < -0.39 is 12.1 Å². The number of hydrogen-bond donors (Lipinski definition) is 1. The van der Waals surface area contributed by atoms with Gasteiger partial charge in [0.25, 0.3) is 5.91 Å². The molecule has 2 heterocycles. The van der Waals surface area contributed by atoms with Gasteiger partial charge in [-0.2, -0.15) is 5.10 Å². The van der Waals surface area contributed by atoms with Gasteiger partial charge in [-0.3, -0.25) is 9.48 Å². The summed E-state index contributed by atoms with van der Waals surface area (Å²) in [6, 6.07) is 6.88. The molecule has 1 atom stereocenters. The van der Waals surface area contributed by atoms with Crippen LogP contribution in [0.25, 0.3) is 11.3 Å². The Morgan fingerprint density at radius 1 is 1.32 bits per heavy atom. The first-order chi connectivity index (χ1) is 10.4. The van der Waals surface area contributed by atoms with Crippen LogP contribution in [0.5, 0.6) is 5.75 Å². The molecule has 114 valence electrons. The molecular weight excluding hydrogens is 286 g/mol. The topological polar surface area (TPSA) is 84.7 Å². The van der Waals surface area contributed by atoms with Gasteiger partial charge in [-0.15, -0.1) is 0 Å². The Morgan fingerprint density at radius 3 is 2.68 bits per heavy atom. The number of likely N-dealkylation sites (N-methyl/N-ethyl adjacent to an activating group) is 1. The minimum atomic E-state index is -1.08. The highest BCUT2D eigenvalue weighted by atomic mass is 16.5. The molecule has 0 saturated heterocycles. The number of carbonyl (C=O) groups is 2. The van der Waals surface area contributed by atoms with Crippen molar-refractivity contribution >= 4 is 17.6 Å². The number of aromatic carboxylic acids is 1. The van der Waals surface area contributed by atoms with Gasteiger partial charge in [0.05, 0.1) is 11.4 Å².